The molecule has 0 aliphatic rings. The molecule has 0 fully saturated rings. The maximum atomic E-state index is 11.0. The van der Waals surface area contributed by atoms with Gasteiger partial charge in [-0.2, -0.15) is 0 Å². The van der Waals surface area contributed by atoms with E-state index in [1.807, 2.05) is 0 Å². The molecule has 0 spiro atoms. The highest BCUT2D eigenvalue weighted by molar-refractivity contribution is 7.91. The third-order valence-electron chi connectivity index (χ3n) is 1.11. The van der Waals surface area contributed by atoms with E-state index >= 15 is 0 Å². The van der Waals surface area contributed by atoms with Gasteiger partial charge in [0.2, 0.25) is 0 Å². The van der Waals surface area contributed by atoms with Crippen molar-refractivity contribution in [2.75, 3.05) is 23.9 Å². The molecule has 3 nitrogen and oxygen atoms in total. The number of halogens is 2. The van der Waals surface area contributed by atoms with Gasteiger partial charge in [0.05, 0.1) is 11.5 Å². The fourth-order valence-electron chi connectivity index (χ4n) is 0.579. The van der Waals surface area contributed by atoms with E-state index in [0.717, 1.165) is 0 Å². The number of nitrogens with one attached hydrogen (secondary N) is 1. The summed E-state index contributed by atoms with van der Waals surface area (Å²) in [5.74, 6) is 0.368. The minimum Gasteiger partial charge on any atom is -0.234 e. The monoisotopic (exact) mass is 219 g/mol. The van der Waals surface area contributed by atoms with Gasteiger partial charge in [-0.05, 0) is 18.2 Å². The lowest BCUT2D eigenvalue weighted by atomic mass is 10.5. The highest BCUT2D eigenvalue weighted by Crippen LogP contribution is 1.94. The highest BCUT2D eigenvalue weighted by Gasteiger charge is 2.08. The first-order valence-electron chi connectivity index (χ1n) is 3.22. The molecule has 0 radical (unpaired) electrons. The third-order valence-corrected chi connectivity index (χ3v) is 3.45. The van der Waals surface area contributed by atoms with Crippen molar-refractivity contribution in [2.45, 2.75) is 6.42 Å². The van der Waals surface area contributed by atoms with E-state index in [9.17, 15) is 8.42 Å². The average molecular weight is 220 g/mol. The second-order valence-corrected chi connectivity index (χ2v) is 5.03. The van der Waals surface area contributed by atoms with Gasteiger partial charge in [-0.15, -0.1) is 11.6 Å². The minimum absolute atomic E-state index is 0.0524. The maximum absolute atomic E-state index is 11.0. The van der Waals surface area contributed by atoms with Crippen molar-refractivity contribution in [3.05, 3.63) is 0 Å². The molecule has 0 rings (SSSR count). The quantitative estimate of drug-likeness (QED) is 0.408. The molecule has 0 unspecified atom stereocenters. The fourth-order valence-corrected chi connectivity index (χ4v) is 2.44. The summed E-state index contributed by atoms with van der Waals surface area (Å²) in [6.45, 7) is 0.503. The summed E-state index contributed by atoms with van der Waals surface area (Å²) in [6.07, 6.45) is 0.530. The van der Waals surface area contributed by atoms with Crippen molar-refractivity contribution < 1.29 is 8.42 Å². The molecule has 0 aromatic rings. The minimum atomic E-state index is -2.93. The van der Waals surface area contributed by atoms with E-state index in [0.29, 0.717) is 13.0 Å². The van der Waals surface area contributed by atoms with E-state index in [4.69, 9.17) is 23.4 Å². The molecule has 0 aliphatic carbocycles. The summed E-state index contributed by atoms with van der Waals surface area (Å²) in [6, 6.07) is 0. The van der Waals surface area contributed by atoms with Crippen molar-refractivity contribution in [2.24, 2.45) is 0 Å². The zero-order chi connectivity index (χ0) is 8.74. The Bertz CT molecular complexity index is 181. The van der Waals surface area contributed by atoms with Crippen molar-refractivity contribution in [3.8, 4) is 0 Å². The van der Waals surface area contributed by atoms with Gasteiger partial charge in [-0.25, -0.2) is 13.3 Å². The predicted octanol–water partition coefficient (Wildman–Crippen LogP) is 0.774. The van der Waals surface area contributed by atoms with Gasteiger partial charge >= 0.3 is 0 Å². The number of rotatable bonds is 6. The van der Waals surface area contributed by atoms with Crippen LogP contribution in [0.4, 0.5) is 0 Å². The van der Waals surface area contributed by atoms with Crippen LogP contribution < -0.4 is 4.84 Å². The molecule has 0 saturated carbocycles. The van der Waals surface area contributed by atoms with Crippen LogP contribution in [-0.2, 0) is 9.84 Å². The second kappa shape index (κ2) is 6.06. The molecular weight excluding hydrogens is 209 g/mol. The van der Waals surface area contributed by atoms with E-state index in [1.54, 1.807) is 0 Å². The van der Waals surface area contributed by atoms with Crippen molar-refractivity contribution in [1.29, 1.82) is 0 Å². The smallest absolute Gasteiger partial charge is 0.151 e. The molecular formula is C5H11Cl2NO2S. The van der Waals surface area contributed by atoms with Crippen LogP contribution in [0.2, 0.25) is 0 Å². The lowest BCUT2D eigenvalue weighted by molar-refractivity contribution is 0.594. The molecule has 0 heterocycles. The Kier molecular flexibility index (Phi) is 6.33. The molecule has 68 valence electrons. The summed E-state index contributed by atoms with van der Waals surface area (Å²) in [5, 5.41) is 0. The molecule has 0 aromatic heterocycles. The number of alkyl halides is 1. The first kappa shape index (κ1) is 11.5. The SMILES string of the molecule is O=S(=O)(CCCl)CCCNCl. The second-order valence-electron chi connectivity index (χ2n) is 2.08. The molecule has 11 heavy (non-hydrogen) atoms. The molecule has 0 aliphatic heterocycles. The Labute approximate surface area is 77.1 Å². The molecule has 0 aromatic carbocycles. The molecule has 1 N–H and O–H groups in total. The molecule has 0 saturated heterocycles. The molecule has 0 amide bonds. The summed E-state index contributed by atoms with van der Waals surface area (Å²) in [7, 11) is -2.93. The lowest BCUT2D eigenvalue weighted by Gasteiger charge is -1.99. The average Bonchev–Trinajstić information content (AvgIpc) is 1.87. The van der Waals surface area contributed by atoms with E-state index in [1.165, 1.54) is 0 Å². The van der Waals surface area contributed by atoms with Crippen LogP contribution in [-0.4, -0.2) is 32.3 Å². The predicted molar refractivity (Wildman–Crippen MR) is 47.8 cm³/mol. The highest BCUT2D eigenvalue weighted by atomic mass is 35.5. The maximum Gasteiger partial charge on any atom is 0.151 e. The Balaban J connectivity index is 3.56. The Morgan fingerprint density at radius 2 is 1.91 bits per heavy atom. The zero-order valence-electron chi connectivity index (χ0n) is 6.02. The van der Waals surface area contributed by atoms with Gasteiger partial charge in [0, 0.05) is 12.4 Å². The zero-order valence-corrected chi connectivity index (χ0v) is 8.34. The Morgan fingerprint density at radius 1 is 1.27 bits per heavy atom. The van der Waals surface area contributed by atoms with Crippen molar-refractivity contribution in [3.63, 3.8) is 0 Å². The van der Waals surface area contributed by atoms with Crippen LogP contribution in [0.25, 0.3) is 0 Å². The van der Waals surface area contributed by atoms with E-state index in [-0.39, 0.29) is 17.4 Å². The molecule has 6 heteroatoms. The molecule has 0 atom stereocenters. The van der Waals surface area contributed by atoms with E-state index in [2.05, 4.69) is 4.84 Å². The van der Waals surface area contributed by atoms with Crippen LogP contribution in [0.5, 0.6) is 0 Å². The summed E-state index contributed by atoms with van der Waals surface area (Å²) >= 11 is 10.4. The summed E-state index contributed by atoms with van der Waals surface area (Å²) in [5.41, 5.74) is 0. The van der Waals surface area contributed by atoms with E-state index < -0.39 is 9.84 Å². The standard InChI is InChI=1S/C5H11Cl2NO2S/c6-2-5-11(9,10)4-1-3-8-7/h8H,1-5H2. The van der Waals surface area contributed by atoms with Gasteiger partial charge < -0.3 is 0 Å². The Hall–Kier alpha value is 0.490. The number of hydrogen-bond donors (Lipinski definition) is 1. The van der Waals surface area contributed by atoms with Crippen molar-refractivity contribution in [1.82, 2.24) is 4.84 Å². The van der Waals surface area contributed by atoms with Gasteiger partial charge in [0.25, 0.3) is 0 Å². The van der Waals surface area contributed by atoms with Gasteiger partial charge in [-0.3, -0.25) is 0 Å². The number of sulfone groups is 1. The van der Waals surface area contributed by atoms with Crippen LogP contribution in [0, 0.1) is 0 Å². The normalized spacial score (nSPS) is 11.8. The van der Waals surface area contributed by atoms with Crippen LogP contribution in [0.1, 0.15) is 6.42 Å². The topological polar surface area (TPSA) is 46.2 Å². The van der Waals surface area contributed by atoms with Crippen LogP contribution >= 0.6 is 23.4 Å². The van der Waals surface area contributed by atoms with Crippen molar-refractivity contribution >= 4 is 33.2 Å². The van der Waals surface area contributed by atoms with Gasteiger partial charge in [0.15, 0.2) is 9.84 Å². The third kappa shape index (κ3) is 6.87. The first-order chi connectivity index (χ1) is 5.12. The summed E-state index contributed by atoms with van der Waals surface area (Å²) < 4.78 is 21.9. The lowest BCUT2D eigenvalue weighted by Crippen LogP contribution is -2.15. The summed E-state index contributed by atoms with van der Waals surface area (Å²) in [4.78, 5) is 2.36. The Morgan fingerprint density at radius 3 is 2.36 bits per heavy atom. The fraction of sp³-hybridized carbons (Fsp3) is 1.00. The first-order valence-corrected chi connectivity index (χ1v) is 5.95. The molecule has 0 bridgehead atoms. The largest absolute Gasteiger partial charge is 0.234 e. The van der Waals surface area contributed by atoms with Crippen LogP contribution in [0.3, 0.4) is 0 Å². The van der Waals surface area contributed by atoms with Crippen LogP contribution in [0.15, 0.2) is 0 Å². The van der Waals surface area contributed by atoms with Gasteiger partial charge in [-0.1, -0.05) is 0 Å². The van der Waals surface area contributed by atoms with Gasteiger partial charge in [0.1, 0.15) is 0 Å². The number of hydrogen-bond acceptors (Lipinski definition) is 3.